The Kier molecular flexibility index (Phi) is 95.6. The smallest absolute Gasteiger partial charge is 0.171 e. The van der Waals surface area contributed by atoms with E-state index in [1.807, 2.05) is 41.5 Å². The van der Waals surface area contributed by atoms with Gasteiger partial charge < -0.3 is 0 Å². The summed E-state index contributed by atoms with van der Waals surface area (Å²) in [5.41, 5.74) is -5.19. The van der Waals surface area contributed by atoms with E-state index in [-0.39, 0.29) is 44.9 Å². The van der Waals surface area contributed by atoms with Gasteiger partial charge in [-0.05, 0) is 56.8 Å². The fourth-order valence-electron chi connectivity index (χ4n) is 2.26. The molecule has 0 aromatic rings. The van der Waals surface area contributed by atoms with Gasteiger partial charge in [-0.1, -0.05) is 305 Å². The van der Waals surface area contributed by atoms with E-state index in [9.17, 15) is 119 Å². The first kappa shape index (κ1) is 123. The zero-order valence-corrected chi connectivity index (χ0v) is 67.0. The van der Waals surface area contributed by atoms with Gasteiger partial charge in [0.2, 0.25) is 0 Å². The molecule has 0 aliphatic rings. The molecule has 0 amide bonds. The summed E-state index contributed by atoms with van der Waals surface area (Å²) in [6, 6.07) is 0. The molecular formula is C71H147F27. The van der Waals surface area contributed by atoms with E-state index in [0.717, 1.165) is 60.3 Å². The summed E-state index contributed by atoms with van der Waals surface area (Å²) in [4.78, 5) is 0. The zero-order valence-electron chi connectivity index (χ0n) is 71.0. The average molecular weight is 1520 g/mol. The topological polar surface area (TPSA) is 0 Å². The Hall–Kier alpha value is -1.89. The van der Waals surface area contributed by atoms with Crippen LogP contribution < -0.4 is 0 Å². The molecule has 2 unspecified atom stereocenters. The minimum Gasteiger partial charge on any atom is -0.171 e. The first-order chi connectivity index (χ1) is 44.2. The van der Waals surface area contributed by atoms with Crippen LogP contribution in [0.2, 0.25) is 0 Å². The third-order valence-electron chi connectivity index (χ3n) is 10.4. The summed E-state index contributed by atoms with van der Waals surface area (Å²) >= 11 is 0. The van der Waals surface area contributed by atoms with E-state index in [4.69, 9.17) is 5.48 Å². The second kappa shape index (κ2) is 76.2. The number of halogens is 27. The normalized spacial score (nSPS) is 13.4. The van der Waals surface area contributed by atoms with Crippen molar-refractivity contribution in [2.75, 3.05) is 0 Å². The molecule has 3 atom stereocenters. The maximum absolute atomic E-state index is 11.6. The van der Waals surface area contributed by atoms with Crippen LogP contribution in [0.3, 0.4) is 0 Å². The number of rotatable bonds is 12. The van der Waals surface area contributed by atoms with Crippen molar-refractivity contribution in [1.82, 2.24) is 0 Å². The van der Waals surface area contributed by atoms with Crippen LogP contribution in [0.15, 0.2) is 0 Å². The summed E-state index contributed by atoms with van der Waals surface area (Å²) in [7, 11) is 0. The van der Waals surface area contributed by atoms with Crippen LogP contribution in [-0.4, -0.2) is 55.6 Å². The molecule has 27 heteroatoms. The van der Waals surface area contributed by atoms with Crippen LogP contribution in [0.25, 0.3) is 0 Å². The van der Waals surface area contributed by atoms with Crippen molar-refractivity contribution in [2.24, 2.45) is 58.1 Å². The molecule has 620 valence electrons. The second-order valence-corrected chi connectivity index (χ2v) is 25.5. The average Bonchev–Trinajstić information content (AvgIpc) is 0.793. The highest BCUT2D eigenvalue weighted by Crippen LogP contribution is 2.49. The molecule has 0 rings (SSSR count). The van der Waals surface area contributed by atoms with E-state index in [1.165, 1.54) is 65.7 Å². The highest BCUT2D eigenvalue weighted by molar-refractivity contribution is 4.84. The van der Waals surface area contributed by atoms with Gasteiger partial charge in [-0.2, -0.15) is 119 Å². The fraction of sp³-hybridized carbons (Fsp3) is 1.00. The minimum atomic E-state index is -5.24. The molecule has 0 saturated carbocycles. The van der Waals surface area contributed by atoms with E-state index < -0.39 is 109 Å². The van der Waals surface area contributed by atoms with Gasteiger partial charge in [-0.3, -0.25) is 0 Å². The largest absolute Gasteiger partial charge is 0.402 e. The zero-order chi connectivity index (χ0) is 87.8. The molecule has 0 saturated heterocycles. The van der Waals surface area contributed by atoms with Gasteiger partial charge >= 0.3 is 55.6 Å². The molecule has 98 heavy (non-hydrogen) atoms. The minimum absolute atomic E-state index is 0.104. The van der Waals surface area contributed by atoms with Crippen LogP contribution in [0.1, 0.15) is 357 Å². The molecule has 0 aliphatic carbocycles. The summed E-state index contributed by atoms with van der Waals surface area (Å²) in [5, 5.41) is 0. The van der Waals surface area contributed by atoms with E-state index in [0.29, 0.717) is 25.7 Å². The molecule has 0 aromatic heterocycles. The number of hydrogen-bond acceptors (Lipinski definition) is 0. The Morgan fingerprint density at radius 1 is 0.337 bits per heavy atom. The quantitative estimate of drug-likeness (QED) is 0.171. The van der Waals surface area contributed by atoms with Crippen LogP contribution in [0.4, 0.5) is 119 Å². The van der Waals surface area contributed by atoms with E-state index in [2.05, 4.69) is 83.1 Å². The van der Waals surface area contributed by atoms with Crippen molar-refractivity contribution in [1.29, 1.82) is 0 Å². The molecule has 0 bridgehead atoms. The van der Waals surface area contributed by atoms with Gasteiger partial charge in [-0.25, -0.2) is 0 Å². The monoisotopic (exact) mass is 1520 g/mol. The van der Waals surface area contributed by atoms with Crippen LogP contribution in [0.5, 0.6) is 0 Å². The fourth-order valence-corrected chi connectivity index (χ4v) is 2.26. The predicted octanol–water partition coefficient (Wildman–Crippen LogP) is 35.1. The number of unbranched alkanes of at least 4 members (excludes halogenated alkanes) is 4. The van der Waals surface area contributed by atoms with Gasteiger partial charge in [0.25, 0.3) is 0 Å². The van der Waals surface area contributed by atoms with Gasteiger partial charge in [-0.15, -0.1) is 0 Å². The van der Waals surface area contributed by atoms with Crippen molar-refractivity contribution in [2.45, 2.75) is 407 Å². The Labute approximate surface area is 587 Å². The number of hydrogen-bond donors (Lipinski definition) is 0. The van der Waals surface area contributed by atoms with Gasteiger partial charge in [0.15, 0.2) is 5.41 Å². The molecule has 0 aromatic carbocycles. The Balaban J connectivity index is -0.0000000559. The SMILES string of the molecule is CC.CC(C)(C(F)(F)F)C(F)(F)F.CC(C)(C)C(F)(F)F.CC(C)C.CC(C)C(F)(F)F.CCC.CCC(C)C.CCC(C)C(F)(F)F.CCC(C)CC(F)(F)F.CCCC.CCCCC.CCCCC(F)(F)F.CCC[C@H](C)C(F)(F)F.[2H]C(C)(C)C.[2H]C(C)(C)C(F)(F)F.[2H]C([2H])(C)CC. The van der Waals surface area contributed by atoms with Crippen molar-refractivity contribution in [3.8, 4) is 0 Å². The van der Waals surface area contributed by atoms with Crippen LogP contribution >= 0.6 is 0 Å². The van der Waals surface area contributed by atoms with Crippen LogP contribution in [0, 0.1) is 58.1 Å². The lowest BCUT2D eigenvalue weighted by Crippen LogP contribution is -2.44. The van der Waals surface area contributed by atoms with E-state index >= 15 is 0 Å². The Bertz CT molecular complexity index is 1520. The van der Waals surface area contributed by atoms with Gasteiger partial charge in [0.05, 0.1) is 17.3 Å². The highest BCUT2D eigenvalue weighted by atomic mass is 19.4. The van der Waals surface area contributed by atoms with E-state index in [1.54, 1.807) is 34.6 Å². The molecule has 0 N–H and O–H groups in total. The standard InChI is InChI=1S/2C6H11F3.C5H6F6.3C5H9F3.2C5H12.2C4H7F3.4C4H10.C3H8.C2H6/c1-3-5(2)4-6(7,8)9;1-3-4-5(2)6(7,8)9;1-3(2,4(6,7)8)5(9,10)11;1-4(2,3)5(6,7)8;1-3-4(2)5(6,7)8;1-2-3-4-5(6,7)8;1-4-5(2)3;1-3-5-4-2;2*1-3(2)4(5,6)7;2*1-4(2)3;2*1-3-4-2;1-3-2;1-2/h2*5H,3-4H2,1-2H3;1-2H3;1-3H3;4H,3H2,1-2H3;2-4H2,1H3;5H,4H2,1-3H3;3-5H2,1-2H3;2*3H,1-2H3;2*4H,1-3H3;2*3-4H2,1-2H3;3H2,1-2H3;1-2H3/t;5-;;;;;;;;;;;;;;/m.0............../s1/i;;;;;;;;3D;;4D;;3D2;;;. The summed E-state index contributed by atoms with van der Waals surface area (Å²) in [5.74, 6) is -4.56. The van der Waals surface area contributed by atoms with Crippen molar-refractivity contribution in [3.05, 3.63) is 0 Å². The van der Waals surface area contributed by atoms with Crippen molar-refractivity contribution < 1.29 is 124 Å². The molecule has 0 heterocycles. The Morgan fingerprint density at radius 3 is 0.602 bits per heavy atom. The third-order valence-corrected chi connectivity index (χ3v) is 10.4. The molecule has 0 radical (unpaired) electrons. The van der Waals surface area contributed by atoms with Crippen molar-refractivity contribution >= 4 is 0 Å². The molecular weight excluding hydrogens is 1370 g/mol. The number of alkyl halides is 27. The summed E-state index contributed by atoms with van der Waals surface area (Å²) < 4.78 is 337. The molecule has 0 fully saturated rings. The lowest BCUT2D eigenvalue weighted by molar-refractivity contribution is -0.327. The lowest BCUT2D eigenvalue weighted by Gasteiger charge is -2.29. The summed E-state index contributed by atoms with van der Waals surface area (Å²) in [6.45, 7) is 57.4. The predicted molar refractivity (Wildman–Crippen MR) is 364 cm³/mol. The third kappa shape index (κ3) is 157. The molecule has 0 spiro atoms. The molecule has 0 aliphatic heterocycles. The second-order valence-electron chi connectivity index (χ2n) is 25.5. The maximum Gasteiger partial charge on any atom is 0.402 e. The van der Waals surface area contributed by atoms with Gasteiger partial charge in [0.1, 0.15) is 0 Å². The highest BCUT2D eigenvalue weighted by Gasteiger charge is 2.64. The molecule has 0 nitrogen and oxygen atoms in total. The maximum atomic E-state index is 11.6. The first-order valence-electron chi connectivity index (χ1n) is 35.8. The summed E-state index contributed by atoms with van der Waals surface area (Å²) in [6.07, 6.45) is -28.8. The Morgan fingerprint density at radius 2 is 0.571 bits per heavy atom. The van der Waals surface area contributed by atoms with Gasteiger partial charge in [0, 0.05) is 30.1 Å². The van der Waals surface area contributed by atoms with Crippen LogP contribution in [-0.2, 0) is 0 Å². The lowest BCUT2D eigenvalue weighted by atomic mass is 9.92. The van der Waals surface area contributed by atoms with Crippen molar-refractivity contribution in [3.63, 3.8) is 0 Å². The first-order valence-corrected chi connectivity index (χ1v) is 33.8.